The number of carbonyl (C=O) groups excluding carboxylic acids is 1. The van der Waals surface area contributed by atoms with E-state index < -0.39 is 0 Å². The number of carbonyl (C=O) groups is 1. The van der Waals surface area contributed by atoms with E-state index >= 15 is 0 Å². The minimum absolute atomic E-state index is 0.0293. The largest absolute Gasteiger partial charge is 0.372 e. The van der Waals surface area contributed by atoms with Crippen LogP contribution in [0.25, 0.3) is 0 Å². The number of anilines is 1. The van der Waals surface area contributed by atoms with Crippen LogP contribution in [-0.4, -0.2) is 29.9 Å². The van der Waals surface area contributed by atoms with E-state index in [1.807, 2.05) is 31.5 Å². The predicted octanol–water partition coefficient (Wildman–Crippen LogP) is 3.02. The van der Waals surface area contributed by atoms with Gasteiger partial charge in [-0.3, -0.25) is 4.79 Å². The van der Waals surface area contributed by atoms with Crippen LogP contribution < -0.4 is 5.32 Å². The molecule has 1 unspecified atom stereocenters. The Morgan fingerprint density at radius 1 is 1.42 bits per heavy atom. The van der Waals surface area contributed by atoms with Crippen LogP contribution in [0.3, 0.4) is 0 Å². The Hall–Kier alpha value is -1.88. The summed E-state index contributed by atoms with van der Waals surface area (Å²) in [6.07, 6.45) is 1.67. The van der Waals surface area contributed by atoms with E-state index in [2.05, 4.69) is 10.3 Å². The molecule has 100 valence electrons. The highest BCUT2D eigenvalue weighted by Gasteiger charge is 2.21. The molecule has 5 heteroatoms. The second kappa shape index (κ2) is 5.84. The van der Waals surface area contributed by atoms with Crippen LogP contribution in [0.15, 0.2) is 35.8 Å². The number of thiophene rings is 1. The summed E-state index contributed by atoms with van der Waals surface area (Å²) < 4.78 is 0. The normalized spacial score (nSPS) is 11.9. The zero-order valence-electron chi connectivity index (χ0n) is 11.3. The van der Waals surface area contributed by atoms with E-state index in [-0.39, 0.29) is 11.9 Å². The van der Waals surface area contributed by atoms with E-state index in [9.17, 15) is 4.79 Å². The van der Waals surface area contributed by atoms with Gasteiger partial charge in [-0.25, -0.2) is 4.98 Å². The first-order valence-electron chi connectivity index (χ1n) is 6.08. The number of aromatic nitrogens is 1. The SMILES string of the molecule is CNc1ncccc1C(=O)N(C)C(C)c1cccs1. The van der Waals surface area contributed by atoms with Crippen molar-refractivity contribution in [1.29, 1.82) is 0 Å². The van der Waals surface area contributed by atoms with Crippen molar-refractivity contribution in [1.82, 2.24) is 9.88 Å². The van der Waals surface area contributed by atoms with E-state index in [0.717, 1.165) is 0 Å². The van der Waals surface area contributed by atoms with Crippen molar-refractivity contribution >= 4 is 23.1 Å². The summed E-state index contributed by atoms with van der Waals surface area (Å²) in [6.45, 7) is 2.03. The number of amides is 1. The van der Waals surface area contributed by atoms with Crippen LogP contribution in [0.5, 0.6) is 0 Å². The third-order valence-corrected chi connectivity index (χ3v) is 4.17. The lowest BCUT2D eigenvalue weighted by Gasteiger charge is -2.24. The Labute approximate surface area is 117 Å². The average Bonchev–Trinajstić information content (AvgIpc) is 2.99. The highest BCUT2D eigenvalue weighted by atomic mass is 32.1. The molecule has 1 N–H and O–H groups in total. The first-order valence-corrected chi connectivity index (χ1v) is 6.96. The molecule has 0 saturated carbocycles. The third kappa shape index (κ3) is 2.76. The minimum Gasteiger partial charge on any atom is -0.372 e. The van der Waals surface area contributed by atoms with Crippen molar-refractivity contribution in [3.63, 3.8) is 0 Å². The number of hydrogen-bond acceptors (Lipinski definition) is 4. The van der Waals surface area contributed by atoms with Gasteiger partial charge in [-0.2, -0.15) is 0 Å². The number of hydrogen-bond donors (Lipinski definition) is 1. The van der Waals surface area contributed by atoms with Crippen LogP contribution in [-0.2, 0) is 0 Å². The number of pyridine rings is 1. The quantitative estimate of drug-likeness (QED) is 0.933. The van der Waals surface area contributed by atoms with E-state index in [1.165, 1.54) is 4.88 Å². The lowest BCUT2D eigenvalue weighted by molar-refractivity contribution is 0.0745. The monoisotopic (exact) mass is 275 g/mol. The second-order valence-corrected chi connectivity index (χ2v) is 5.24. The van der Waals surface area contributed by atoms with Gasteiger partial charge in [0.15, 0.2) is 0 Å². The topological polar surface area (TPSA) is 45.2 Å². The van der Waals surface area contributed by atoms with Crippen LogP contribution in [0, 0.1) is 0 Å². The van der Waals surface area contributed by atoms with Gasteiger partial charge in [-0.05, 0) is 30.5 Å². The van der Waals surface area contributed by atoms with E-state index in [0.29, 0.717) is 11.4 Å². The van der Waals surface area contributed by atoms with Gasteiger partial charge in [0.05, 0.1) is 11.6 Å². The Balaban J connectivity index is 2.24. The molecular formula is C14H17N3OS. The van der Waals surface area contributed by atoms with Crippen LogP contribution in [0.1, 0.15) is 28.2 Å². The minimum atomic E-state index is -0.0293. The van der Waals surface area contributed by atoms with Gasteiger partial charge in [-0.15, -0.1) is 11.3 Å². The molecule has 0 fully saturated rings. The molecule has 0 spiro atoms. The lowest BCUT2D eigenvalue weighted by atomic mass is 10.2. The molecule has 1 atom stereocenters. The Bertz CT molecular complexity index is 554. The van der Waals surface area contributed by atoms with Crippen molar-refractivity contribution in [3.05, 3.63) is 46.3 Å². The van der Waals surface area contributed by atoms with Crippen molar-refractivity contribution in [2.24, 2.45) is 0 Å². The van der Waals surface area contributed by atoms with Crippen molar-refractivity contribution in [2.75, 3.05) is 19.4 Å². The molecule has 0 aliphatic heterocycles. The Kier molecular flexibility index (Phi) is 4.16. The van der Waals surface area contributed by atoms with Crippen molar-refractivity contribution in [3.8, 4) is 0 Å². The maximum absolute atomic E-state index is 12.5. The summed E-state index contributed by atoms with van der Waals surface area (Å²) in [5.74, 6) is 0.580. The summed E-state index contributed by atoms with van der Waals surface area (Å²) in [6, 6.07) is 7.66. The van der Waals surface area contributed by atoms with Gasteiger partial charge in [0.1, 0.15) is 5.82 Å². The van der Waals surface area contributed by atoms with Crippen LogP contribution in [0.2, 0.25) is 0 Å². The number of nitrogens with one attached hydrogen (secondary N) is 1. The standard InChI is InChI=1S/C14H17N3OS/c1-10(12-7-5-9-19-12)17(3)14(18)11-6-4-8-16-13(11)15-2/h4-10H,1-3H3,(H,15,16). The van der Waals surface area contributed by atoms with Crippen LogP contribution >= 0.6 is 11.3 Å². The summed E-state index contributed by atoms with van der Waals surface area (Å²) in [4.78, 5) is 19.6. The van der Waals surface area contributed by atoms with E-state index in [1.54, 1.807) is 41.6 Å². The number of nitrogens with zero attached hydrogens (tertiary/aromatic N) is 2. The summed E-state index contributed by atoms with van der Waals surface area (Å²) >= 11 is 1.66. The second-order valence-electron chi connectivity index (χ2n) is 4.26. The van der Waals surface area contributed by atoms with E-state index in [4.69, 9.17) is 0 Å². The molecular weight excluding hydrogens is 258 g/mol. The van der Waals surface area contributed by atoms with Gasteiger partial charge >= 0.3 is 0 Å². The third-order valence-electron chi connectivity index (χ3n) is 3.13. The zero-order valence-corrected chi connectivity index (χ0v) is 12.1. The van der Waals surface area contributed by atoms with Gasteiger partial charge in [0, 0.05) is 25.2 Å². The molecule has 0 aliphatic rings. The fourth-order valence-corrected chi connectivity index (χ4v) is 2.69. The highest BCUT2D eigenvalue weighted by Crippen LogP contribution is 2.25. The van der Waals surface area contributed by atoms with Crippen molar-refractivity contribution < 1.29 is 4.79 Å². The molecule has 2 aromatic heterocycles. The van der Waals surface area contributed by atoms with Gasteiger partial charge in [0.25, 0.3) is 5.91 Å². The first kappa shape index (κ1) is 13.5. The molecule has 0 bridgehead atoms. The van der Waals surface area contributed by atoms with Gasteiger partial charge in [-0.1, -0.05) is 6.07 Å². The molecule has 2 rings (SSSR count). The van der Waals surface area contributed by atoms with Crippen LogP contribution in [0.4, 0.5) is 5.82 Å². The van der Waals surface area contributed by atoms with Gasteiger partial charge < -0.3 is 10.2 Å². The molecule has 0 aliphatic carbocycles. The number of rotatable bonds is 4. The Morgan fingerprint density at radius 3 is 2.84 bits per heavy atom. The van der Waals surface area contributed by atoms with Gasteiger partial charge in [0.2, 0.25) is 0 Å². The summed E-state index contributed by atoms with van der Waals surface area (Å²) in [5.41, 5.74) is 0.593. The molecule has 0 aromatic carbocycles. The fraction of sp³-hybridized carbons (Fsp3) is 0.286. The molecule has 4 nitrogen and oxygen atoms in total. The average molecular weight is 275 g/mol. The van der Waals surface area contributed by atoms with Crippen molar-refractivity contribution in [2.45, 2.75) is 13.0 Å². The maximum Gasteiger partial charge on any atom is 0.257 e. The lowest BCUT2D eigenvalue weighted by Crippen LogP contribution is -2.30. The smallest absolute Gasteiger partial charge is 0.257 e. The predicted molar refractivity (Wildman–Crippen MR) is 78.6 cm³/mol. The summed E-state index contributed by atoms with van der Waals surface area (Å²) in [5, 5.41) is 4.97. The Morgan fingerprint density at radius 2 is 2.21 bits per heavy atom. The molecule has 2 heterocycles. The first-order chi connectivity index (χ1) is 9.15. The summed E-state index contributed by atoms with van der Waals surface area (Å²) in [7, 11) is 3.58. The highest BCUT2D eigenvalue weighted by molar-refractivity contribution is 7.10. The molecule has 1 amide bonds. The fourth-order valence-electron chi connectivity index (χ4n) is 1.86. The maximum atomic E-state index is 12.5. The zero-order chi connectivity index (χ0) is 13.8. The molecule has 2 aromatic rings. The molecule has 0 saturated heterocycles. The molecule has 0 radical (unpaired) electrons. The molecule has 19 heavy (non-hydrogen) atoms.